The Hall–Kier alpha value is -2.45. The van der Waals surface area contributed by atoms with Gasteiger partial charge in [-0.2, -0.15) is 5.10 Å². The lowest BCUT2D eigenvalue weighted by Gasteiger charge is -2.30. The van der Waals surface area contributed by atoms with Crippen molar-refractivity contribution in [1.82, 2.24) is 14.8 Å². The maximum absolute atomic E-state index is 11.5. The molecule has 1 amide bonds. The highest BCUT2D eigenvalue weighted by Gasteiger charge is 2.42. The summed E-state index contributed by atoms with van der Waals surface area (Å²) in [4.78, 5) is 16.3. The summed E-state index contributed by atoms with van der Waals surface area (Å²) in [5.41, 5.74) is 6.36. The molecule has 8 nitrogen and oxygen atoms in total. The quantitative estimate of drug-likeness (QED) is 0.757. The summed E-state index contributed by atoms with van der Waals surface area (Å²) in [5, 5.41) is 4.64. The van der Waals surface area contributed by atoms with Gasteiger partial charge in [0.05, 0.1) is 45.3 Å². The van der Waals surface area contributed by atoms with Crippen LogP contribution in [0.3, 0.4) is 0 Å². The fourth-order valence-corrected chi connectivity index (χ4v) is 4.47. The van der Waals surface area contributed by atoms with Crippen molar-refractivity contribution in [3.05, 3.63) is 41.5 Å². The average Bonchev–Trinajstić information content (AvgIpc) is 3.36. The molecule has 2 aromatic rings. The standard InChI is InChI=1S/C21H28N4O4/c1-27-16-6-4-15(5-7-16)21(8-2-3-9-21)20-23-19(12-18(22)26)24-25(20)13-17-14-28-10-11-29-17/h4-7,17H,2-3,8-14H2,1H3,(H2,22,26). The minimum absolute atomic E-state index is 0.0285. The number of hydrogen-bond donors (Lipinski definition) is 1. The van der Waals surface area contributed by atoms with E-state index in [1.54, 1.807) is 7.11 Å². The SMILES string of the molecule is COc1ccc(C2(c3nc(CC(N)=O)nn3CC3COCCO3)CCCC2)cc1. The van der Waals surface area contributed by atoms with Crippen molar-refractivity contribution in [3.8, 4) is 5.75 Å². The number of amides is 1. The number of ether oxygens (including phenoxy) is 3. The molecule has 2 heterocycles. The molecule has 1 aliphatic heterocycles. The predicted octanol–water partition coefficient (Wildman–Crippen LogP) is 1.59. The first-order valence-corrected chi connectivity index (χ1v) is 10.2. The van der Waals surface area contributed by atoms with Gasteiger partial charge in [-0.3, -0.25) is 4.79 Å². The lowest BCUT2D eigenvalue weighted by atomic mass is 9.78. The summed E-state index contributed by atoms with van der Waals surface area (Å²) in [6, 6.07) is 8.19. The van der Waals surface area contributed by atoms with E-state index >= 15 is 0 Å². The minimum Gasteiger partial charge on any atom is -0.497 e. The van der Waals surface area contributed by atoms with Gasteiger partial charge < -0.3 is 19.9 Å². The van der Waals surface area contributed by atoms with Crippen molar-refractivity contribution < 1.29 is 19.0 Å². The molecule has 1 unspecified atom stereocenters. The predicted molar refractivity (Wildman–Crippen MR) is 106 cm³/mol. The molecule has 2 N–H and O–H groups in total. The van der Waals surface area contributed by atoms with E-state index in [-0.39, 0.29) is 17.9 Å². The molecule has 1 saturated carbocycles. The number of carbonyl (C=O) groups excluding carboxylic acids is 1. The van der Waals surface area contributed by atoms with Crippen LogP contribution < -0.4 is 10.5 Å². The van der Waals surface area contributed by atoms with Crippen LogP contribution in [-0.2, 0) is 32.6 Å². The van der Waals surface area contributed by atoms with Gasteiger partial charge in [0, 0.05) is 0 Å². The number of aromatic nitrogens is 3. The lowest BCUT2D eigenvalue weighted by molar-refractivity contribution is -0.117. The largest absolute Gasteiger partial charge is 0.497 e. The number of carbonyl (C=O) groups is 1. The zero-order valence-electron chi connectivity index (χ0n) is 16.8. The normalized spacial score (nSPS) is 21.2. The number of nitrogens with two attached hydrogens (primary N) is 1. The molecule has 29 heavy (non-hydrogen) atoms. The van der Waals surface area contributed by atoms with Gasteiger partial charge in [0.2, 0.25) is 5.91 Å². The van der Waals surface area contributed by atoms with Crippen LogP contribution in [0.25, 0.3) is 0 Å². The summed E-state index contributed by atoms with van der Waals surface area (Å²) < 4.78 is 18.6. The van der Waals surface area contributed by atoms with Crippen LogP contribution in [0.5, 0.6) is 5.75 Å². The van der Waals surface area contributed by atoms with Gasteiger partial charge in [-0.15, -0.1) is 0 Å². The second kappa shape index (κ2) is 8.51. The van der Waals surface area contributed by atoms with Crippen molar-refractivity contribution in [2.75, 3.05) is 26.9 Å². The Kier molecular flexibility index (Phi) is 5.82. The Labute approximate surface area is 170 Å². The molecule has 0 bridgehead atoms. The third-order valence-corrected chi connectivity index (χ3v) is 5.84. The number of primary amides is 1. The highest BCUT2D eigenvalue weighted by molar-refractivity contribution is 5.75. The van der Waals surface area contributed by atoms with Crippen molar-refractivity contribution >= 4 is 5.91 Å². The maximum atomic E-state index is 11.5. The van der Waals surface area contributed by atoms with E-state index in [1.807, 2.05) is 16.8 Å². The molecule has 0 radical (unpaired) electrons. The molecule has 1 aliphatic carbocycles. The zero-order valence-corrected chi connectivity index (χ0v) is 16.8. The second-order valence-electron chi connectivity index (χ2n) is 7.76. The molecule has 1 atom stereocenters. The van der Waals surface area contributed by atoms with Crippen molar-refractivity contribution in [3.63, 3.8) is 0 Å². The first-order chi connectivity index (χ1) is 14.1. The number of methoxy groups -OCH3 is 1. The van der Waals surface area contributed by atoms with E-state index in [0.717, 1.165) is 37.3 Å². The monoisotopic (exact) mass is 400 g/mol. The molecule has 0 spiro atoms. The molecule has 2 aliphatic rings. The molecule has 4 rings (SSSR count). The Morgan fingerprint density at radius 1 is 1.28 bits per heavy atom. The van der Waals surface area contributed by atoms with Crippen LogP contribution in [0.4, 0.5) is 0 Å². The number of nitrogens with zero attached hydrogens (tertiary/aromatic N) is 3. The third kappa shape index (κ3) is 4.13. The topological polar surface area (TPSA) is 101 Å². The van der Waals surface area contributed by atoms with Gasteiger partial charge in [0.25, 0.3) is 0 Å². The van der Waals surface area contributed by atoms with Gasteiger partial charge in [-0.25, -0.2) is 9.67 Å². The van der Waals surface area contributed by atoms with Crippen LogP contribution in [-0.4, -0.2) is 53.7 Å². The number of benzene rings is 1. The molecule has 1 aromatic heterocycles. The van der Waals surface area contributed by atoms with Crippen LogP contribution in [0.15, 0.2) is 24.3 Å². The second-order valence-corrected chi connectivity index (χ2v) is 7.76. The molecule has 2 fully saturated rings. The van der Waals surface area contributed by atoms with Gasteiger partial charge in [-0.05, 0) is 30.5 Å². The summed E-state index contributed by atoms with van der Waals surface area (Å²) in [7, 11) is 1.67. The molecule has 1 saturated heterocycles. The van der Waals surface area contributed by atoms with Crippen molar-refractivity contribution in [1.29, 1.82) is 0 Å². The average molecular weight is 400 g/mol. The van der Waals surface area contributed by atoms with Crippen LogP contribution in [0.1, 0.15) is 42.9 Å². The van der Waals surface area contributed by atoms with E-state index in [2.05, 4.69) is 17.2 Å². The summed E-state index contributed by atoms with van der Waals surface area (Å²) in [5.74, 6) is 1.73. The zero-order chi connectivity index (χ0) is 20.3. The van der Waals surface area contributed by atoms with Gasteiger partial charge >= 0.3 is 0 Å². The highest BCUT2D eigenvalue weighted by atomic mass is 16.6. The third-order valence-electron chi connectivity index (χ3n) is 5.84. The van der Waals surface area contributed by atoms with Gasteiger partial charge in [0.1, 0.15) is 17.7 Å². The highest BCUT2D eigenvalue weighted by Crippen LogP contribution is 2.46. The Bertz CT molecular complexity index is 837. The summed E-state index contributed by atoms with van der Waals surface area (Å²) >= 11 is 0. The Balaban J connectivity index is 1.73. The van der Waals surface area contributed by atoms with E-state index in [0.29, 0.717) is 32.2 Å². The van der Waals surface area contributed by atoms with E-state index in [1.165, 1.54) is 5.56 Å². The van der Waals surface area contributed by atoms with E-state index < -0.39 is 5.91 Å². The van der Waals surface area contributed by atoms with Crippen LogP contribution in [0, 0.1) is 0 Å². The van der Waals surface area contributed by atoms with E-state index in [9.17, 15) is 4.79 Å². The molecule has 156 valence electrons. The van der Waals surface area contributed by atoms with E-state index in [4.69, 9.17) is 24.9 Å². The Morgan fingerprint density at radius 3 is 2.66 bits per heavy atom. The molecule has 1 aromatic carbocycles. The minimum atomic E-state index is -0.434. The number of hydrogen-bond acceptors (Lipinski definition) is 6. The number of rotatable bonds is 7. The summed E-state index contributed by atoms with van der Waals surface area (Å²) in [6.45, 7) is 2.26. The van der Waals surface area contributed by atoms with Crippen LogP contribution >= 0.6 is 0 Å². The smallest absolute Gasteiger partial charge is 0.225 e. The molecular weight excluding hydrogens is 372 g/mol. The first-order valence-electron chi connectivity index (χ1n) is 10.2. The first kappa shape index (κ1) is 19.8. The van der Waals surface area contributed by atoms with Crippen molar-refractivity contribution in [2.24, 2.45) is 5.73 Å². The fraction of sp³-hybridized carbons (Fsp3) is 0.571. The van der Waals surface area contributed by atoms with Crippen molar-refractivity contribution in [2.45, 2.75) is 50.2 Å². The summed E-state index contributed by atoms with van der Waals surface area (Å²) in [6.07, 6.45) is 4.15. The molecular formula is C21H28N4O4. The van der Waals surface area contributed by atoms with Gasteiger partial charge in [-0.1, -0.05) is 25.0 Å². The molecule has 8 heteroatoms. The Morgan fingerprint density at radius 2 is 2.03 bits per heavy atom. The maximum Gasteiger partial charge on any atom is 0.225 e. The fourth-order valence-electron chi connectivity index (χ4n) is 4.47. The lowest BCUT2D eigenvalue weighted by Crippen LogP contribution is -2.36. The van der Waals surface area contributed by atoms with Gasteiger partial charge in [0.15, 0.2) is 5.82 Å². The van der Waals surface area contributed by atoms with Crippen LogP contribution in [0.2, 0.25) is 0 Å².